The lowest BCUT2D eigenvalue weighted by Gasteiger charge is -2.43. The van der Waals surface area contributed by atoms with Crippen LogP contribution in [0.25, 0.3) is 0 Å². The molecule has 0 bridgehead atoms. The van der Waals surface area contributed by atoms with Crippen LogP contribution in [0, 0.1) is 0 Å². The summed E-state index contributed by atoms with van der Waals surface area (Å²) in [6.45, 7) is 0.373. The first-order chi connectivity index (χ1) is 8.16. The van der Waals surface area contributed by atoms with Crippen molar-refractivity contribution >= 4 is 21.8 Å². The zero-order valence-corrected chi connectivity index (χ0v) is 11.5. The molecule has 1 saturated carbocycles. The number of halogens is 1. The van der Waals surface area contributed by atoms with Crippen LogP contribution in [0.3, 0.4) is 0 Å². The van der Waals surface area contributed by atoms with Crippen molar-refractivity contribution in [1.82, 2.24) is 10.6 Å². The summed E-state index contributed by atoms with van der Waals surface area (Å²) in [7, 11) is 1.78. The zero-order valence-electron chi connectivity index (χ0n) is 9.92. The molecule has 4 heteroatoms. The molecule has 1 aromatic rings. The number of likely N-dealkylation sites (N-methyl/N-ethyl adjacent to an activating group) is 1. The average Bonchev–Trinajstić information content (AvgIpc) is 2.25. The van der Waals surface area contributed by atoms with Crippen molar-refractivity contribution in [2.75, 3.05) is 13.6 Å². The summed E-state index contributed by atoms with van der Waals surface area (Å²) in [5.74, 6) is 0.0649. The zero-order chi connectivity index (χ0) is 12.3. The molecule has 0 heterocycles. The van der Waals surface area contributed by atoms with Crippen LogP contribution in [0.15, 0.2) is 28.7 Å². The standard InChI is InChI=1S/C13H17BrN2O/c1-15-9-12(17)16-13(7-2-8-13)10-3-5-11(14)6-4-10/h3-6,15H,2,7-9H2,1H3,(H,16,17). The Hall–Kier alpha value is -0.870. The van der Waals surface area contributed by atoms with Crippen LogP contribution in [-0.4, -0.2) is 19.5 Å². The molecule has 2 N–H and O–H groups in total. The average molecular weight is 297 g/mol. The minimum atomic E-state index is -0.130. The summed E-state index contributed by atoms with van der Waals surface area (Å²) in [6, 6.07) is 8.23. The smallest absolute Gasteiger partial charge is 0.234 e. The lowest BCUT2D eigenvalue weighted by molar-refractivity contribution is -0.123. The largest absolute Gasteiger partial charge is 0.345 e. The summed E-state index contributed by atoms with van der Waals surface area (Å²) >= 11 is 3.43. The molecule has 1 aliphatic rings. The summed E-state index contributed by atoms with van der Waals surface area (Å²) in [5, 5.41) is 6.03. The molecule has 1 amide bonds. The van der Waals surface area contributed by atoms with E-state index in [0.717, 1.165) is 17.3 Å². The molecule has 1 fully saturated rings. The van der Waals surface area contributed by atoms with Crippen molar-refractivity contribution in [3.63, 3.8) is 0 Å². The topological polar surface area (TPSA) is 41.1 Å². The number of carbonyl (C=O) groups excluding carboxylic acids is 1. The van der Waals surface area contributed by atoms with Crippen molar-refractivity contribution < 1.29 is 4.79 Å². The molecular weight excluding hydrogens is 280 g/mol. The monoisotopic (exact) mass is 296 g/mol. The highest BCUT2D eigenvalue weighted by molar-refractivity contribution is 9.10. The molecule has 0 aromatic heterocycles. The number of hydrogen-bond acceptors (Lipinski definition) is 2. The number of rotatable bonds is 4. The SMILES string of the molecule is CNCC(=O)NC1(c2ccc(Br)cc2)CCC1. The third kappa shape index (κ3) is 2.69. The van der Waals surface area contributed by atoms with Gasteiger partial charge in [0.05, 0.1) is 12.1 Å². The Bertz CT molecular complexity index is 398. The maximum atomic E-state index is 11.7. The molecule has 3 nitrogen and oxygen atoms in total. The van der Waals surface area contributed by atoms with Gasteiger partial charge in [0, 0.05) is 4.47 Å². The van der Waals surface area contributed by atoms with E-state index in [1.165, 1.54) is 12.0 Å². The van der Waals surface area contributed by atoms with Gasteiger partial charge >= 0.3 is 0 Å². The molecule has 0 radical (unpaired) electrons. The minimum Gasteiger partial charge on any atom is -0.345 e. The molecule has 0 atom stereocenters. The quantitative estimate of drug-likeness (QED) is 0.894. The Balaban J connectivity index is 2.14. The lowest BCUT2D eigenvalue weighted by Crippen LogP contribution is -2.52. The molecule has 0 unspecified atom stereocenters. The predicted molar refractivity (Wildman–Crippen MR) is 71.7 cm³/mol. The van der Waals surface area contributed by atoms with Gasteiger partial charge in [0.25, 0.3) is 0 Å². The lowest BCUT2D eigenvalue weighted by atomic mass is 9.72. The molecule has 0 spiro atoms. The van der Waals surface area contributed by atoms with Crippen LogP contribution in [0.4, 0.5) is 0 Å². The first-order valence-corrected chi connectivity index (χ1v) is 6.67. The highest BCUT2D eigenvalue weighted by Crippen LogP contribution is 2.41. The number of nitrogens with one attached hydrogen (secondary N) is 2. The Labute approximate surface area is 110 Å². The van der Waals surface area contributed by atoms with E-state index < -0.39 is 0 Å². The number of hydrogen-bond donors (Lipinski definition) is 2. The van der Waals surface area contributed by atoms with Gasteiger partial charge < -0.3 is 10.6 Å². The van der Waals surface area contributed by atoms with Crippen LogP contribution >= 0.6 is 15.9 Å². The Morgan fingerprint density at radius 3 is 2.47 bits per heavy atom. The fourth-order valence-electron chi connectivity index (χ4n) is 2.26. The predicted octanol–water partition coefficient (Wildman–Crippen LogP) is 2.16. The van der Waals surface area contributed by atoms with E-state index in [4.69, 9.17) is 0 Å². The first-order valence-electron chi connectivity index (χ1n) is 5.88. The number of amides is 1. The Morgan fingerprint density at radius 2 is 2.00 bits per heavy atom. The van der Waals surface area contributed by atoms with Gasteiger partial charge in [0.2, 0.25) is 5.91 Å². The van der Waals surface area contributed by atoms with Crippen molar-refractivity contribution in [1.29, 1.82) is 0 Å². The van der Waals surface area contributed by atoms with E-state index in [-0.39, 0.29) is 11.4 Å². The second-order valence-corrected chi connectivity index (χ2v) is 5.44. The third-order valence-electron chi connectivity index (χ3n) is 3.32. The van der Waals surface area contributed by atoms with Crippen LogP contribution < -0.4 is 10.6 Å². The molecular formula is C13H17BrN2O. The van der Waals surface area contributed by atoms with Crippen molar-refractivity contribution in [3.05, 3.63) is 34.3 Å². The fraction of sp³-hybridized carbons (Fsp3) is 0.462. The number of benzene rings is 1. The van der Waals surface area contributed by atoms with E-state index in [9.17, 15) is 4.79 Å². The second-order valence-electron chi connectivity index (χ2n) is 4.52. The summed E-state index contributed by atoms with van der Waals surface area (Å²) in [6.07, 6.45) is 3.24. The molecule has 0 aliphatic heterocycles. The van der Waals surface area contributed by atoms with Gasteiger partial charge in [-0.05, 0) is 44.0 Å². The van der Waals surface area contributed by atoms with E-state index in [1.54, 1.807) is 7.05 Å². The number of carbonyl (C=O) groups is 1. The highest BCUT2D eigenvalue weighted by Gasteiger charge is 2.39. The van der Waals surface area contributed by atoms with Crippen LogP contribution in [0.1, 0.15) is 24.8 Å². The maximum Gasteiger partial charge on any atom is 0.234 e. The molecule has 92 valence electrons. The Morgan fingerprint density at radius 1 is 1.35 bits per heavy atom. The van der Waals surface area contributed by atoms with Crippen LogP contribution in [-0.2, 0) is 10.3 Å². The van der Waals surface area contributed by atoms with Crippen molar-refractivity contribution in [2.45, 2.75) is 24.8 Å². The normalized spacial score (nSPS) is 17.3. The van der Waals surface area contributed by atoms with E-state index in [1.807, 2.05) is 12.1 Å². The van der Waals surface area contributed by atoms with Gasteiger partial charge in [-0.15, -0.1) is 0 Å². The maximum absolute atomic E-state index is 11.7. The molecule has 0 saturated heterocycles. The van der Waals surface area contributed by atoms with E-state index >= 15 is 0 Å². The minimum absolute atomic E-state index is 0.0649. The van der Waals surface area contributed by atoms with Crippen molar-refractivity contribution in [3.8, 4) is 0 Å². The summed E-state index contributed by atoms with van der Waals surface area (Å²) < 4.78 is 1.07. The first kappa shape index (κ1) is 12.6. The molecule has 1 aromatic carbocycles. The summed E-state index contributed by atoms with van der Waals surface area (Å²) in [4.78, 5) is 11.7. The Kier molecular flexibility index (Phi) is 3.84. The van der Waals surface area contributed by atoms with Crippen molar-refractivity contribution in [2.24, 2.45) is 0 Å². The van der Waals surface area contributed by atoms with Gasteiger partial charge in [0.15, 0.2) is 0 Å². The third-order valence-corrected chi connectivity index (χ3v) is 3.85. The molecule has 2 rings (SSSR count). The summed E-state index contributed by atoms with van der Waals surface area (Å²) in [5.41, 5.74) is 1.07. The van der Waals surface area contributed by atoms with Gasteiger partial charge in [-0.3, -0.25) is 4.79 Å². The highest BCUT2D eigenvalue weighted by atomic mass is 79.9. The fourth-order valence-corrected chi connectivity index (χ4v) is 2.52. The molecule has 1 aliphatic carbocycles. The van der Waals surface area contributed by atoms with Crippen LogP contribution in [0.2, 0.25) is 0 Å². The van der Waals surface area contributed by atoms with Gasteiger partial charge in [-0.2, -0.15) is 0 Å². The van der Waals surface area contributed by atoms with Gasteiger partial charge in [0.1, 0.15) is 0 Å². The van der Waals surface area contributed by atoms with Gasteiger partial charge in [-0.1, -0.05) is 28.1 Å². The second kappa shape index (κ2) is 5.19. The van der Waals surface area contributed by atoms with E-state index in [2.05, 4.69) is 38.7 Å². The van der Waals surface area contributed by atoms with E-state index in [0.29, 0.717) is 6.54 Å². The van der Waals surface area contributed by atoms with Crippen LogP contribution in [0.5, 0.6) is 0 Å². The van der Waals surface area contributed by atoms with Gasteiger partial charge in [-0.25, -0.2) is 0 Å². The molecule has 17 heavy (non-hydrogen) atoms.